The summed E-state index contributed by atoms with van der Waals surface area (Å²) in [5.74, 6) is -1.46. The molecule has 0 aliphatic heterocycles. The van der Waals surface area contributed by atoms with E-state index in [-0.39, 0.29) is 29.5 Å². The number of amides is 1. The third kappa shape index (κ3) is 4.43. The van der Waals surface area contributed by atoms with Crippen molar-refractivity contribution in [3.63, 3.8) is 0 Å². The van der Waals surface area contributed by atoms with Crippen molar-refractivity contribution in [1.29, 1.82) is 0 Å². The van der Waals surface area contributed by atoms with Gasteiger partial charge in [-0.25, -0.2) is 8.78 Å². The zero-order chi connectivity index (χ0) is 15.9. The number of halogens is 3. The lowest BCUT2D eigenvalue weighted by Crippen LogP contribution is -2.26. The number of carbonyl (C=O) groups excluding carboxylic acids is 1. The van der Waals surface area contributed by atoms with Crippen LogP contribution in [-0.2, 0) is 0 Å². The van der Waals surface area contributed by atoms with Gasteiger partial charge in [0.2, 0.25) is 0 Å². The fraction of sp³-hybridized carbons (Fsp3) is 0.188. The number of carbonyl (C=O) groups is 1. The van der Waals surface area contributed by atoms with Crippen molar-refractivity contribution >= 4 is 17.5 Å². The lowest BCUT2D eigenvalue weighted by Gasteiger charge is -2.08. The van der Waals surface area contributed by atoms with Gasteiger partial charge in [-0.05, 0) is 36.8 Å². The number of rotatable bonds is 6. The van der Waals surface area contributed by atoms with E-state index in [0.29, 0.717) is 6.42 Å². The molecule has 0 unspecified atom stereocenters. The van der Waals surface area contributed by atoms with Crippen molar-refractivity contribution in [1.82, 2.24) is 5.32 Å². The first-order chi connectivity index (χ1) is 10.6. The van der Waals surface area contributed by atoms with Crippen LogP contribution in [0.3, 0.4) is 0 Å². The Morgan fingerprint density at radius 1 is 1.14 bits per heavy atom. The first-order valence-corrected chi connectivity index (χ1v) is 7.06. The first-order valence-electron chi connectivity index (χ1n) is 6.68. The summed E-state index contributed by atoms with van der Waals surface area (Å²) in [5, 5.41) is 2.84. The topological polar surface area (TPSA) is 38.3 Å². The summed E-state index contributed by atoms with van der Waals surface area (Å²) < 4.78 is 32.0. The molecule has 0 saturated carbocycles. The zero-order valence-electron chi connectivity index (χ0n) is 11.6. The minimum Gasteiger partial charge on any atom is -0.490 e. The molecule has 0 atom stereocenters. The summed E-state index contributed by atoms with van der Waals surface area (Å²) in [7, 11) is 0. The van der Waals surface area contributed by atoms with Crippen LogP contribution in [-0.4, -0.2) is 19.1 Å². The molecule has 2 aromatic carbocycles. The third-order valence-corrected chi connectivity index (χ3v) is 3.11. The molecule has 6 heteroatoms. The van der Waals surface area contributed by atoms with Crippen LogP contribution in [0.1, 0.15) is 16.8 Å². The summed E-state index contributed by atoms with van der Waals surface area (Å²) >= 11 is 5.73. The fourth-order valence-electron chi connectivity index (χ4n) is 1.78. The Labute approximate surface area is 131 Å². The SMILES string of the molecule is O=C(NCCCOc1ccccc1F)c1cc(Cl)ccc1F. The molecule has 0 spiro atoms. The smallest absolute Gasteiger partial charge is 0.254 e. The minimum absolute atomic E-state index is 0.109. The average Bonchev–Trinajstić information content (AvgIpc) is 2.51. The quantitative estimate of drug-likeness (QED) is 0.820. The molecule has 0 radical (unpaired) electrons. The van der Waals surface area contributed by atoms with E-state index in [0.717, 1.165) is 6.07 Å². The molecule has 0 aliphatic rings. The van der Waals surface area contributed by atoms with Gasteiger partial charge in [-0.3, -0.25) is 4.79 Å². The Morgan fingerprint density at radius 3 is 2.68 bits per heavy atom. The maximum absolute atomic E-state index is 13.5. The number of nitrogens with one attached hydrogen (secondary N) is 1. The van der Waals surface area contributed by atoms with E-state index in [9.17, 15) is 13.6 Å². The van der Waals surface area contributed by atoms with Crippen LogP contribution in [0.2, 0.25) is 5.02 Å². The molecule has 1 N–H and O–H groups in total. The number of hydrogen-bond donors (Lipinski definition) is 1. The molecule has 116 valence electrons. The Hall–Kier alpha value is -2.14. The zero-order valence-corrected chi connectivity index (χ0v) is 12.4. The van der Waals surface area contributed by atoms with E-state index >= 15 is 0 Å². The van der Waals surface area contributed by atoms with Crippen molar-refractivity contribution in [2.75, 3.05) is 13.2 Å². The molecule has 22 heavy (non-hydrogen) atoms. The molecular formula is C16H14ClF2NO2. The molecular weight excluding hydrogens is 312 g/mol. The number of hydrogen-bond acceptors (Lipinski definition) is 2. The third-order valence-electron chi connectivity index (χ3n) is 2.87. The molecule has 2 aromatic rings. The van der Waals surface area contributed by atoms with Gasteiger partial charge in [-0.1, -0.05) is 23.7 Å². The second-order valence-corrected chi connectivity index (χ2v) is 4.95. The molecule has 3 nitrogen and oxygen atoms in total. The fourth-order valence-corrected chi connectivity index (χ4v) is 1.96. The molecule has 0 aromatic heterocycles. The van der Waals surface area contributed by atoms with Gasteiger partial charge in [0.25, 0.3) is 5.91 Å². The van der Waals surface area contributed by atoms with Crippen LogP contribution in [0.25, 0.3) is 0 Å². The maximum Gasteiger partial charge on any atom is 0.254 e. The standard InChI is InChI=1S/C16H14ClF2NO2/c17-11-6-7-13(18)12(10-11)16(21)20-8-3-9-22-15-5-2-1-4-14(15)19/h1-2,4-7,10H,3,8-9H2,(H,20,21). The van der Waals surface area contributed by atoms with Crippen LogP contribution < -0.4 is 10.1 Å². The molecule has 2 rings (SSSR count). The highest BCUT2D eigenvalue weighted by atomic mass is 35.5. The summed E-state index contributed by atoms with van der Waals surface area (Å²) in [6.07, 6.45) is 0.461. The minimum atomic E-state index is -0.635. The van der Waals surface area contributed by atoms with Crippen molar-refractivity contribution in [2.45, 2.75) is 6.42 Å². The molecule has 0 heterocycles. The van der Waals surface area contributed by atoms with E-state index in [1.165, 1.54) is 24.3 Å². The van der Waals surface area contributed by atoms with Gasteiger partial charge in [0.05, 0.1) is 12.2 Å². The molecule has 1 amide bonds. The van der Waals surface area contributed by atoms with Crippen LogP contribution >= 0.6 is 11.6 Å². The lowest BCUT2D eigenvalue weighted by molar-refractivity contribution is 0.0947. The summed E-state index contributed by atoms with van der Waals surface area (Å²) in [5.41, 5.74) is -0.109. The van der Waals surface area contributed by atoms with Gasteiger partial charge >= 0.3 is 0 Å². The van der Waals surface area contributed by atoms with Crippen molar-refractivity contribution in [2.24, 2.45) is 0 Å². The van der Waals surface area contributed by atoms with Gasteiger partial charge in [0.1, 0.15) is 5.82 Å². The monoisotopic (exact) mass is 325 g/mol. The van der Waals surface area contributed by atoms with Gasteiger partial charge in [-0.2, -0.15) is 0 Å². The average molecular weight is 326 g/mol. The second kappa shape index (κ2) is 7.75. The van der Waals surface area contributed by atoms with Gasteiger partial charge in [-0.15, -0.1) is 0 Å². The van der Waals surface area contributed by atoms with E-state index in [2.05, 4.69) is 5.32 Å². The van der Waals surface area contributed by atoms with Crippen molar-refractivity contribution in [3.05, 3.63) is 64.7 Å². The molecule has 0 bridgehead atoms. The molecule has 0 fully saturated rings. The lowest BCUT2D eigenvalue weighted by atomic mass is 10.2. The van der Waals surface area contributed by atoms with Gasteiger partial charge in [0.15, 0.2) is 11.6 Å². The first kappa shape index (κ1) is 16.2. The predicted octanol–water partition coefficient (Wildman–Crippen LogP) is 3.82. The molecule has 0 aliphatic carbocycles. The molecule has 0 saturated heterocycles. The van der Waals surface area contributed by atoms with Crippen LogP contribution in [0.4, 0.5) is 8.78 Å². The normalized spacial score (nSPS) is 10.3. The van der Waals surface area contributed by atoms with Crippen molar-refractivity contribution in [3.8, 4) is 5.75 Å². The van der Waals surface area contributed by atoms with E-state index in [1.54, 1.807) is 12.1 Å². The number of para-hydroxylation sites is 1. The largest absolute Gasteiger partial charge is 0.490 e. The van der Waals surface area contributed by atoms with Crippen LogP contribution in [0.15, 0.2) is 42.5 Å². The van der Waals surface area contributed by atoms with E-state index < -0.39 is 17.5 Å². The Morgan fingerprint density at radius 2 is 1.91 bits per heavy atom. The van der Waals surface area contributed by atoms with Gasteiger partial charge in [0, 0.05) is 11.6 Å². The summed E-state index contributed by atoms with van der Waals surface area (Å²) in [6.45, 7) is 0.512. The Kier molecular flexibility index (Phi) is 5.72. The highest BCUT2D eigenvalue weighted by Gasteiger charge is 2.11. The highest BCUT2D eigenvalue weighted by molar-refractivity contribution is 6.30. The van der Waals surface area contributed by atoms with Crippen LogP contribution in [0, 0.1) is 11.6 Å². The number of ether oxygens (including phenoxy) is 1. The van der Waals surface area contributed by atoms with Crippen molar-refractivity contribution < 1.29 is 18.3 Å². The van der Waals surface area contributed by atoms with Gasteiger partial charge < -0.3 is 10.1 Å². The second-order valence-electron chi connectivity index (χ2n) is 4.51. The number of benzene rings is 2. The predicted molar refractivity (Wildman–Crippen MR) is 80.3 cm³/mol. The summed E-state index contributed by atoms with van der Waals surface area (Å²) in [6, 6.07) is 9.84. The van der Waals surface area contributed by atoms with E-state index in [1.807, 2.05) is 0 Å². The summed E-state index contributed by atoms with van der Waals surface area (Å²) in [4.78, 5) is 11.8. The Bertz CT molecular complexity index is 664. The van der Waals surface area contributed by atoms with Crippen LogP contribution in [0.5, 0.6) is 5.75 Å². The Balaban J connectivity index is 1.76. The highest BCUT2D eigenvalue weighted by Crippen LogP contribution is 2.16. The maximum atomic E-state index is 13.5. The van der Waals surface area contributed by atoms with E-state index in [4.69, 9.17) is 16.3 Å².